The van der Waals surface area contributed by atoms with Gasteiger partial charge in [-0.3, -0.25) is 10.1 Å². The molecule has 30 heavy (non-hydrogen) atoms. The van der Waals surface area contributed by atoms with Crippen molar-refractivity contribution in [3.05, 3.63) is 52.5 Å². The normalized spacial score (nSPS) is 15.4. The molecule has 0 radical (unpaired) electrons. The molecule has 1 atom stereocenters. The minimum Gasteiger partial charge on any atom is -0.479 e. The topological polar surface area (TPSA) is 56.8 Å². The summed E-state index contributed by atoms with van der Waals surface area (Å²) in [6.45, 7) is 5.74. The van der Waals surface area contributed by atoms with Gasteiger partial charge in [-0.15, -0.1) is 0 Å². The summed E-state index contributed by atoms with van der Waals surface area (Å²) in [4.78, 5) is 17.0. The quantitative estimate of drug-likeness (QED) is 0.648. The molecule has 1 heterocycles. The fourth-order valence-electron chi connectivity index (χ4n) is 3.01. The molecule has 1 amide bonds. The van der Waals surface area contributed by atoms with Gasteiger partial charge >= 0.3 is 0 Å². The van der Waals surface area contributed by atoms with Crippen LogP contribution in [0.5, 0.6) is 5.75 Å². The van der Waals surface area contributed by atoms with Gasteiger partial charge in [0.25, 0.3) is 5.91 Å². The van der Waals surface area contributed by atoms with Crippen LogP contribution >= 0.6 is 35.4 Å². The van der Waals surface area contributed by atoms with Crippen molar-refractivity contribution in [2.24, 2.45) is 0 Å². The number of carbonyl (C=O) groups excluding carboxylic acids is 1. The van der Waals surface area contributed by atoms with Crippen LogP contribution in [0, 0.1) is 0 Å². The van der Waals surface area contributed by atoms with E-state index in [0.29, 0.717) is 15.8 Å². The van der Waals surface area contributed by atoms with Crippen LogP contribution in [-0.2, 0) is 4.79 Å². The minimum absolute atomic E-state index is 0.199. The summed E-state index contributed by atoms with van der Waals surface area (Å²) in [6.07, 6.45) is -0.789. The number of anilines is 2. The van der Waals surface area contributed by atoms with E-state index in [1.54, 1.807) is 25.1 Å². The van der Waals surface area contributed by atoms with Crippen LogP contribution < -0.4 is 20.3 Å². The van der Waals surface area contributed by atoms with Crippen LogP contribution in [0.1, 0.15) is 6.92 Å². The molecule has 9 heteroatoms. The average Bonchev–Trinajstić information content (AvgIpc) is 2.71. The van der Waals surface area contributed by atoms with E-state index in [-0.39, 0.29) is 11.0 Å². The molecule has 6 nitrogen and oxygen atoms in total. The Morgan fingerprint density at radius 1 is 1.10 bits per heavy atom. The number of nitrogens with zero attached hydrogens (tertiary/aromatic N) is 2. The van der Waals surface area contributed by atoms with Crippen molar-refractivity contribution in [2.45, 2.75) is 13.0 Å². The summed E-state index contributed by atoms with van der Waals surface area (Å²) in [6, 6.07) is 12.8. The second-order valence-corrected chi connectivity index (χ2v) is 8.37. The molecule has 0 bridgehead atoms. The van der Waals surface area contributed by atoms with E-state index in [1.807, 2.05) is 24.3 Å². The Kier molecular flexibility index (Phi) is 7.77. The molecule has 3 rings (SSSR count). The lowest BCUT2D eigenvalue weighted by Crippen LogP contribution is -2.44. The Hall–Kier alpha value is -2.06. The highest BCUT2D eigenvalue weighted by atomic mass is 35.5. The van der Waals surface area contributed by atoms with Crippen LogP contribution in [0.25, 0.3) is 0 Å². The van der Waals surface area contributed by atoms with E-state index in [2.05, 4.69) is 27.5 Å². The van der Waals surface area contributed by atoms with E-state index < -0.39 is 6.10 Å². The first-order valence-corrected chi connectivity index (χ1v) is 10.8. The summed E-state index contributed by atoms with van der Waals surface area (Å²) in [5.41, 5.74) is 1.97. The highest BCUT2D eigenvalue weighted by Gasteiger charge is 2.18. The summed E-state index contributed by atoms with van der Waals surface area (Å²) < 4.78 is 5.60. The Labute approximate surface area is 192 Å². The van der Waals surface area contributed by atoms with Crippen molar-refractivity contribution in [1.29, 1.82) is 0 Å². The highest BCUT2D eigenvalue weighted by Crippen LogP contribution is 2.28. The molecule has 0 aliphatic carbocycles. The lowest BCUT2D eigenvalue weighted by atomic mass is 10.2. The van der Waals surface area contributed by atoms with Crippen LogP contribution in [0.3, 0.4) is 0 Å². The summed E-state index contributed by atoms with van der Waals surface area (Å²) in [5.74, 6) is -0.00494. The number of halogens is 2. The third-order valence-electron chi connectivity index (χ3n) is 4.80. The van der Waals surface area contributed by atoms with Gasteiger partial charge in [0.1, 0.15) is 5.75 Å². The highest BCUT2D eigenvalue weighted by molar-refractivity contribution is 7.80. The number of ether oxygens (including phenoxy) is 1. The Bertz CT molecular complexity index is 902. The molecule has 1 fully saturated rings. The fourth-order valence-corrected chi connectivity index (χ4v) is 3.68. The van der Waals surface area contributed by atoms with Crippen molar-refractivity contribution in [3.63, 3.8) is 0 Å². The van der Waals surface area contributed by atoms with Gasteiger partial charge in [0.05, 0.1) is 5.02 Å². The van der Waals surface area contributed by atoms with Gasteiger partial charge < -0.3 is 19.9 Å². The molecular formula is C21H24Cl2N4O2S. The molecule has 1 saturated heterocycles. The maximum Gasteiger partial charge on any atom is 0.266 e. The molecule has 160 valence electrons. The number of likely N-dealkylation sites (N-methyl/N-ethyl adjacent to an activating group) is 1. The number of thiocarbonyl (C=S) groups is 1. The number of carbonyl (C=O) groups is 1. The first-order chi connectivity index (χ1) is 14.3. The second kappa shape index (κ2) is 10.3. The maximum absolute atomic E-state index is 12.4. The van der Waals surface area contributed by atoms with Crippen LogP contribution in [0.4, 0.5) is 11.4 Å². The lowest BCUT2D eigenvalue weighted by Gasteiger charge is -2.34. The van der Waals surface area contributed by atoms with Crippen LogP contribution in [0.2, 0.25) is 10.0 Å². The Balaban J connectivity index is 1.50. The number of amides is 1. The molecule has 1 aliphatic heterocycles. The smallest absolute Gasteiger partial charge is 0.266 e. The second-order valence-electron chi connectivity index (χ2n) is 7.12. The van der Waals surface area contributed by atoms with Gasteiger partial charge in [-0.1, -0.05) is 23.2 Å². The van der Waals surface area contributed by atoms with Crippen molar-refractivity contribution in [1.82, 2.24) is 10.2 Å². The third-order valence-corrected chi connectivity index (χ3v) is 5.53. The zero-order valence-corrected chi connectivity index (χ0v) is 19.2. The van der Waals surface area contributed by atoms with E-state index in [0.717, 1.165) is 31.9 Å². The standard InChI is InChI=1S/C21H24Cl2N4O2S/c1-14(29-19-8-3-15(22)13-18(19)23)20(28)25-21(30)24-16-4-6-17(7-5-16)27-11-9-26(2)10-12-27/h3-8,13-14H,9-12H2,1-2H3,(H2,24,25,28,30). The number of hydrogen-bond acceptors (Lipinski definition) is 5. The van der Waals surface area contributed by atoms with Gasteiger partial charge in [-0.2, -0.15) is 0 Å². The molecule has 2 aromatic rings. The van der Waals surface area contributed by atoms with Crippen molar-refractivity contribution in [3.8, 4) is 5.75 Å². The first kappa shape index (κ1) is 22.6. The number of piperazine rings is 1. The first-order valence-electron chi connectivity index (χ1n) is 9.59. The van der Waals surface area contributed by atoms with E-state index >= 15 is 0 Å². The number of benzene rings is 2. The SMILES string of the molecule is CC(Oc1ccc(Cl)cc1Cl)C(=O)NC(=S)Nc1ccc(N2CCN(C)CC2)cc1. The monoisotopic (exact) mass is 466 g/mol. The molecular weight excluding hydrogens is 443 g/mol. The molecule has 0 spiro atoms. The summed E-state index contributed by atoms with van der Waals surface area (Å²) in [7, 11) is 2.13. The Morgan fingerprint density at radius 2 is 1.77 bits per heavy atom. The zero-order valence-electron chi connectivity index (χ0n) is 16.8. The molecule has 1 unspecified atom stereocenters. The van der Waals surface area contributed by atoms with E-state index in [1.165, 1.54) is 5.69 Å². The number of nitrogens with one attached hydrogen (secondary N) is 2. The summed E-state index contributed by atoms with van der Waals surface area (Å²) >= 11 is 17.2. The molecule has 2 N–H and O–H groups in total. The predicted octanol–water partition coefficient (Wildman–Crippen LogP) is 4.03. The largest absolute Gasteiger partial charge is 0.479 e. The predicted molar refractivity (Wildman–Crippen MR) is 127 cm³/mol. The van der Waals surface area contributed by atoms with Crippen LogP contribution in [0.15, 0.2) is 42.5 Å². The molecule has 0 saturated carbocycles. The van der Waals surface area contributed by atoms with Gasteiger partial charge in [0, 0.05) is 42.6 Å². The Morgan fingerprint density at radius 3 is 2.40 bits per heavy atom. The van der Waals surface area contributed by atoms with Gasteiger partial charge in [0.15, 0.2) is 11.2 Å². The third kappa shape index (κ3) is 6.22. The maximum atomic E-state index is 12.4. The number of rotatable bonds is 5. The van der Waals surface area contributed by atoms with Crippen molar-refractivity contribution in [2.75, 3.05) is 43.4 Å². The summed E-state index contributed by atoms with van der Waals surface area (Å²) in [5, 5.41) is 6.68. The molecule has 0 aromatic heterocycles. The molecule has 1 aliphatic rings. The number of hydrogen-bond donors (Lipinski definition) is 2. The van der Waals surface area contributed by atoms with E-state index in [4.69, 9.17) is 40.2 Å². The fraction of sp³-hybridized carbons (Fsp3) is 0.333. The van der Waals surface area contributed by atoms with Gasteiger partial charge in [-0.25, -0.2) is 0 Å². The average molecular weight is 467 g/mol. The van der Waals surface area contributed by atoms with Crippen molar-refractivity contribution < 1.29 is 9.53 Å². The molecule has 2 aromatic carbocycles. The zero-order chi connectivity index (χ0) is 21.7. The lowest BCUT2D eigenvalue weighted by molar-refractivity contribution is -0.125. The van der Waals surface area contributed by atoms with E-state index in [9.17, 15) is 4.79 Å². The van der Waals surface area contributed by atoms with Gasteiger partial charge in [-0.05, 0) is 68.7 Å². The van der Waals surface area contributed by atoms with Gasteiger partial charge in [0.2, 0.25) is 0 Å². The van der Waals surface area contributed by atoms with Crippen molar-refractivity contribution >= 4 is 57.8 Å². The van der Waals surface area contributed by atoms with Crippen LogP contribution in [-0.4, -0.2) is 55.3 Å². The minimum atomic E-state index is -0.789.